The number of hydrogen-bond acceptors (Lipinski definition) is 3. The summed E-state index contributed by atoms with van der Waals surface area (Å²) in [6.45, 7) is 8.43. The highest BCUT2D eigenvalue weighted by atomic mass is 16.3. The van der Waals surface area contributed by atoms with Gasteiger partial charge in [0.1, 0.15) is 6.33 Å². The Bertz CT molecular complexity index is 273. The van der Waals surface area contributed by atoms with Crippen molar-refractivity contribution >= 4 is 0 Å². The summed E-state index contributed by atoms with van der Waals surface area (Å²) in [7, 11) is 0. The average Bonchev–Trinajstić information content (AvgIpc) is 2.32. The number of aromatic nitrogens is 3. The summed E-state index contributed by atoms with van der Waals surface area (Å²) < 4.78 is 1.67. The van der Waals surface area contributed by atoms with Gasteiger partial charge in [0.15, 0.2) is 5.82 Å². The summed E-state index contributed by atoms with van der Waals surface area (Å²) >= 11 is 0. The molecular weight excluding hydrogens is 166 g/mol. The van der Waals surface area contributed by atoms with Gasteiger partial charge >= 0.3 is 0 Å². The molecule has 0 amide bonds. The van der Waals surface area contributed by atoms with Gasteiger partial charge in [-0.15, -0.1) is 0 Å². The largest absolute Gasteiger partial charge is 0.391 e. The number of aliphatic hydroxyl groups is 1. The van der Waals surface area contributed by atoms with E-state index in [0.29, 0.717) is 6.54 Å². The Kier molecular flexibility index (Phi) is 2.71. The van der Waals surface area contributed by atoms with Gasteiger partial charge in [-0.2, -0.15) is 5.10 Å². The molecule has 0 spiro atoms. The number of hydrogen-bond donors (Lipinski definition) is 1. The van der Waals surface area contributed by atoms with E-state index in [0.717, 1.165) is 5.82 Å². The summed E-state index contributed by atoms with van der Waals surface area (Å²) in [5.41, 5.74) is -0.0239. The SMILES string of the molecule is CC(O)Cn1cnc(C(C)(C)C)n1. The molecule has 0 saturated heterocycles. The van der Waals surface area contributed by atoms with Crippen molar-refractivity contribution in [2.45, 2.75) is 45.8 Å². The highest BCUT2D eigenvalue weighted by Gasteiger charge is 2.18. The lowest BCUT2D eigenvalue weighted by molar-refractivity contribution is 0.168. The highest BCUT2D eigenvalue weighted by molar-refractivity contribution is 4.98. The number of rotatable bonds is 2. The second-order valence-corrected chi connectivity index (χ2v) is 4.39. The van der Waals surface area contributed by atoms with E-state index in [-0.39, 0.29) is 11.5 Å². The first-order valence-corrected chi connectivity index (χ1v) is 4.47. The molecule has 0 aliphatic carbocycles. The van der Waals surface area contributed by atoms with E-state index in [9.17, 15) is 0 Å². The molecule has 1 N–H and O–H groups in total. The van der Waals surface area contributed by atoms with Crippen LogP contribution in [0.5, 0.6) is 0 Å². The zero-order valence-electron chi connectivity index (χ0n) is 8.65. The van der Waals surface area contributed by atoms with Crippen LogP contribution in [-0.4, -0.2) is 26.0 Å². The Balaban J connectivity index is 2.75. The van der Waals surface area contributed by atoms with Gasteiger partial charge in [-0.3, -0.25) is 4.68 Å². The van der Waals surface area contributed by atoms with E-state index in [1.54, 1.807) is 17.9 Å². The molecule has 4 nitrogen and oxygen atoms in total. The third-order valence-corrected chi connectivity index (χ3v) is 1.66. The fraction of sp³-hybridized carbons (Fsp3) is 0.778. The lowest BCUT2D eigenvalue weighted by atomic mass is 9.96. The Morgan fingerprint density at radius 3 is 2.54 bits per heavy atom. The van der Waals surface area contributed by atoms with Crippen molar-refractivity contribution in [1.29, 1.82) is 0 Å². The van der Waals surface area contributed by atoms with Crippen LogP contribution < -0.4 is 0 Å². The predicted octanol–water partition coefficient (Wildman–Crippen LogP) is 0.956. The Hall–Kier alpha value is -0.900. The van der Waals surface area contributed by atoms with Crippen molar-refractivity contribution in [3.8, 4) is 0 Å². The zero-order chi connectivity index (χ0) is 10.1. The Morgan fingerprint density at radius 1 is 1.54 bits per heavy atom. The van der Waals surface area contributed by atoms with Crippen LogP contribution in [0.2, 0.25) is 0 Å². The van der Waals surface area contributed by atoms with Crippen LogP contribution in [0.4, 0.5) is 0 Å². The molecular formula is C9H17N3O. The van der Waals surface area contributed by atoms with E-state index < -0.39 is 0 Å². The third kappa shape index (κ3) is 2.81. The van der Waals surface area contributed by atoms with Crippen LogP contribution in [-0.2, 0) is 12.0 Å². The molecule has 13 heavy (non-hydrogen) atoms. The van der Waals surface area contributed by atoms with Gasteiger partial charge in [0, 0.05) is 5.41 Å². The molecule has 0 saturated carbocycles. The molecule has 0 aliphatic heterocycles. The van der Waals surface area contributed by atoms with Gasteiger partial charge < -0.3 is 5.11 Å². The lowest BCUT2D eigenvalue weighted by Gasteiger charge is -2.12. The quantitative estimate of drug-likeness (QED) is 0.743. The normalized spacial score (nSPS) is 14.5. The van der Waals surface area contributed by atoms with Crippen molar-refractivity contribution in [1.82, 2.24) is 14.8 Å². The van der Waals surface area contributed by atoms with E-state index >= 15 is 0 Å². The fourth-order valence-electron chi connectivity index (χ4n) is 0.997. The predicted molar refractivity (Wildman–Crippen MR) is 50.4 cm³/mol. The Labute approximate surface area is 78.6 Å². The van der Waals surface area contributed by atoms with Crippen LogP contribution in [0.1, 0.15) is 33.5 Å². The van der Waals surface area contributed by atoms with E-state index in [1.165, 1.54) is 0 Å². The molecule has 0 radical (unpaired) electrons. The topological polar surface area (TPSA) is 50.9 Å². The minimum Gasteiger partial charge on any atom is -0.391 e. The molecule has 1 aromatic heterocycles. The molecule has 1 atom stereocenters. The third-order valence-electron chi connectivity index (χ3n) is 1.66. The minimum atomic E-state index is -0.380. The van der Waals surface area contributed by atoms with Crippen LogP contribution in [0.3, 0.4) is 0 Å². The van der Waals surface area contributed by atoms with Crippen molar-refractivity contribution in [2.24, 2.45) is 0 Å². The van der Waals surface area contributed by atoms with Gasteiger partial charge in [0.05, 0.1) is 12.6 Å². The molecule has 1 rings (SSSR count). The molecule has 0 aromatic carbocycles. The van der Waals surface area contributed by atoms with Crippen molar-refractivity contribution in [3.63, 3.8) is 0 Å². The summed E-state index contributed by atoms with van der Waals surface area (Å²) in [5.74, 6) is 0.813. The minimum absolute atomic E-state index is 0.0239. The van der Waals surface area contributed by atoms with Gasteiger partial charge in [0.2, 0.25) is 0 Å². The van der Waals surface area contributed by atoms with E-state index in [1.807, 2.05) is 0 Å². The monoisotopic (exact) mass is 183 g/mol. The van der Waals surface area contributed by atoms with E-state index in [4.69, 9.17) is 5.11 Å². The van der Waals surface area contributed by atoms with E-state index in [2.05, 4.69) is 30.9 Å². The van der Waals surface area contributed by atoms with Gasteiger partial charge in [-0.25, -0.2) is 4.98 Å². The highest BCUT2D eigenvalue weighted by Crippen LogP contribution is 2.16. The van der Waals surface area contributed by atoms with Gasteiger partial charge in [-0.05, 0) is 6.92 Å². The standard InChI is InChI=1S/C9H17N3O/c1-7(13)5-12-6-10-8(11-12)9(2,3)4/h6-7,13H,5H2,1-4H3. The number of aliphatic hydroxyl groups excluding tert-OH is 1. The summed E-state index contributed by atoms with van der Waals surface area (Å²) in [6.07, 6.45) is 1.28. The van der Waals surface area contributed by atoms with Crippen molar-refractivity contribution in [3.05, 3.63) is 12.2 Å². The molecule has 0 bridgehead atoms. The second-order valence-electron chi connectivity index (χ2n) is 4.39. The van der Waals surface area contributed by atoms with Gasteiger partial charge in [-0.1, -0.05) is 20.8 Å². The first kappa shape index (κ1) is 10.2. The van der Waals surface area contributed by atoms with Crippen molar-refractivity contribution in [2.75, 3.05) is 0 Å². The molecule has 4 heteroatoms. The summed E-state index contributed by atoms with van der Waals surface area (Å²) in [4.78, 5) is 4.18. The average molecular weight is 183 g/mol. The molecule has 1 unspecified atom stereocenters. The van der Waals surface area contributed by atoms with Crippen molar-refractivity contribution < 1.29 is 5.11 Å². The summed E-state index contributed by atoms with van der Waals surface area (Å²) in [5, 5.41) is 13.4. The van der Waals surface area contributed by atoms with Crippen LogP contribution in [0.25, 0.3) is 0 Å². The maximum absolute atomic E-state index is 9.13. The van der Waals surface area contributed by atoms with Crippen LogP contribution in [0, 0.1) is 0 Å². The number of nitrogens with zero attached hydrogens (tertiary/aromatic N) is 3. The maximum Gasteiger partial charge on any atom is 0.155 e. The first-order valence-electron chi connectivity index (χ1n) is 4.47. The zero-order valence-corrected chi connectivity index (χ0v) is 8.65. The smallest absolute Gasteiger partial charge is 0.155 e. The molecule has 74 valence electrons. The second kappa shape index (κ2) is 3.46. The van der Waals surface area contributed by atoms with Crippen LogP contribution >= 0.6 is 0 Å². The molecule has 1 aromatic rings. The maximum atomic E-state index is 9.13. The lowest BCUT2D eigenvalue weighted by Crippen LogP contribution is -2.16. The Morgan fingerprint density at radius 2 is 2.15 bits per heavy atom. The van der Waals surface area contributed by atoms with Gasteiger partial charge in [0.25, 0.3) is 0 Å². The fourth-order valence-corrected chi connectivity index (χ4v) is 0.997. The first-order chi connectivity index (χ1) is 5.89. The molecule has 1 heterocycles. The molecule has 0 fully saturated rings. The summed E-state index contributed by atoms with van der Waals surface area (Å²) in [6, 6.07) is 0. The molecule has 0 aliphatic rings. The van der Waals surface area contributed by atoms with Crippen LogP contribution in [0.15, 0.2) is 6.33 Å².